The van der Waals surface area contributed by atoms with Gasteiger partial charge in [0.1, 0.15) is 5.00 Å². The minimum atomic E-state index is -0.398. The van der Waals surface area contributed by atoms with Gasteiger partial charge in [0.25, 0.3) is 0 Å². The number of carbonyl (C=O) groups is 1. The van der Waals surface area contributed by atoms with Gasteiger partial charge < -0.3 is 10.1 Å². The maximum Gasteiger partial charge on any atom is 0.360 e. The van der Waals surface area contributed by atoms with Gasteiger partial charge in [-0.3, -0.25) is 0 Å². The van der Waals surface area contributed by atoms with Crippen molar-refractivity contribution in [2.24, 2.45) is 0 Å². The number of thiazole rings is 1. The Morgan fingerprint density at radius 1 is 1.56 bits per heavy atom. The number of esters is 1. The van der Waals surface area contributed by atoms with Gasteiger partial charge in [0.2, 0.25) is 0 Å². The predicted molar refractivity (Wildman–Crippen MR) is 74.7 cm³/mol. The van der Waals surface area contributed by atoms with E-state index in [0.717, 1.165) is 14.2 Å². The summed E-state index contributed by atoms with van der Waals surface area (Å²) in [6.07, 6.45) is 0. The lowest BCUT2D eigenvalue weighted by molar-refractivity contribution is 0.0521. The van der Waals surface area contributed by atoms with E-state index in [2.05, 4.69) is 10.3 Å². The summed E-state index contributed by atoms with van der Waals surface area (Å²) < 4.78 is 5.68. The maximum absolute atomic E-state index is 11.6. The Morgan fingerprint density at radius 2 is 2.39 bits per heavy atom. The van der Waals surface area contributed by atoms with E-state index in [0.29, 0.717) is 18.8 Å². The van der Waals surface area contributed by atoms with Crippen molar-refractivity contribution in [3.05, 3.63) is 32.6 Å². The molecule has 2 aromatic rings. The molecule has 0 bridgehead atoms. The van der Waals surface area contributed by atoms with Crippen molar-refractivity contribution in [1.29, 1.82) is 0 Å². The zero-order chi connectivity index (χ0) is 13.0. The Morgan fingerprint density at radius 3 is 3.06 bits per heavy atom. The predicted octanol–water partition coefficient (Wildman–Crippen LogP) is 3.65. The molecule has 7 heteroatoms. The van der Waals surface area contributed by atoms with Crippen LogP contribution >= 0.6 is 34.3 Å². The van der Waals surface area contributed by atoms with Crippen LogP contribution in [0.3, 0.4) is 0 Å². The zero-order valence-electron chi connectivity index (χ0n) is 9.60. The molecular formula is C11H11ClN2O2S2. The molecule has 0 aliphatic rings. The second-order valence-corrected chi connectivity index (χ2v) is 5.96. The number of hydrogen-bond acceptors (Lipinski definition) is 6. The standard InChI is InChI=1S/C11H11ClN2O2S2/c1-2-16-11(15)9-10(17-6-14-9)13-5-7-3-4-8(12)18-7/h3-4,6,13H,2,5H2,1H3. The summed E-state index contributed by atoms with van der Waals surface area (Å²) in [4.78, 5) is 16.7. The first-order chi connectivity index (χ1) is 8.70. The first-order valence-corrected chi connectivity index (χ1v) is 7.36. The Hall–Kier alpha value is -1.11. The van der Waals surface area contributed by atoms with E-state index in [1.165, 1.54) is 22.7 Å². The molecule has 4 nitrogen and oxygen atoms in total. The van der Waals surface area contributed by atoms with Crippen molar-refractivity contribution in [1.82, 2.24) is 4.98 Å². The fourth-order valence-corrected chi connectivity index (χ4v) is 3.02. The minimum Gasteiger partial charge on any atom is -0.461 e. The molecule has 2 aromatic heterocycles. The molecule has 0 amide bonds. The molecule has 0 aromatic carbocycles. The SMILES string of the molecule is CCOC(=O)c1ncsc1NCc1ccc(Cl)s1. The van der Waals surface area contributed by atoms with Crippen LogP contribution in [0.15, 0.2) is 17.6 Å². The van der Waals surface area contributed by atoms with Crippen molar-refractivity contribution in [2.75, 3.05) is 11.9 Å². The molecule has 0 aliphatic heterocycles. The summed E-state index contributed by atoms with van der Waals surface area (Å²) in [6, 6.07) is 3.80. The van der Waals surface area contributed by atoms with Gasteiger partial charge in [-0.15, -0.1) is 22.7 Å². The number of ether oxygens (including phenoxy) is 1. The summed E-state index contributed by atoms with van der Waals surface area (Å²) in [5.41, 5.74) is 1.96. The highest BCUT2D eigenvalue weighted by Crippen LogP contribution is 2.25. The van der Waals surface area contributed by atoms with Crippen molar-refractivity contribution < 1.29 is 9.53 Å². The van der Waals surface area contributed by atoms with E-state index in [4.69, 9.17) is 16.3 Å². The lowest BCUT2D eigenvalue weighted by Crippen LogP contribution is -2.08. The summed E-state index contributed by atoms with van der Waals surface area (Å²) in [5, 5.41) is 3.89. The summed E-state index contributed by atoms with van der Waals surface area (Å²) in [5.74, 6) is -0.398. The smallest absolute Gasteiger partial charge is 0.360 e. The van der Waals surface area contributed by atoms with Crippen LogP contribution in [0.5, 0.6) is 0 Å². The van der Waals surface area contributed by atoms with Gasteiger partial charge in [-0.25, -0.2) is 9.78 Å². The molecule has 0 unspecified atom stereocenters. The third-order valence-electron chi connectivity index (χ3n) is 2.09. The van der Waals surface area contributed by atoms with Gasteiger partial charge in [-0.05, 0) is 19.1 Å². The van der Waals surface area contributed by atoms with Crippen LogP contribution in [0.1, 0.15) is 22.3 Å². The number of carbonyl (C=O) groups excluding carboxylic acids is 1. The molecule has 2 heterocycles. The molecule has 0 saturated carbocycles. The quantitative estimate of drug-likeness (QED) is 0.857. The van der Waals surface area contributed by atoms with Crippen molar-refractivity contribution in [3.8, 4) is 0 Å². The minimum absolute atomic E-state index is 0.338. The number of aromatic nitrogens is 1. The molecule has 0 spiro atoms. The molecule has 0 aliphatic carbocycles. The number of nitrogens with one attached hydrogen (secondary N) is 1. The van der Waals surface area contributed by atoms with Crippen molar-refractivity contribution in [3.63, 3.8) is 0 Å². The second kappa shape index (κ2) is 6.17. The highest BCUT2D eigenvalue weighted by molar-refractivity contribution is 7.16. The van der Waals surface area contributed by atoms with Gasteiger partial charge >= 0.3 is 5.97 Å². The van der Waals surface area contributed by atoms with Gasteiger partial charge in [0, 0.05) is 4.88 Å². The molecule has 0 fully saturated rings. The van der Waals surface area contributed by atoms with E-state index in [-0.39, 0.29) is 0 Å². The Bertz CT molecular complexity index is 539. The molecule has 0 radical (unpaired) electrons. The monoisotopic (exact) mass is 302 g/mol. The Balaban J connectivity index is 2.01. The number of halogens is 1. The van der Waals surface area contributed by atoms with Crippen LogP contribution in [0, 0.1) is 0 Å². The number of anilines is 1. The largest absolute Gasteiger partial charge is 0.461 e. The van der Waals surface area contributed by atoms with Gasteiger partial charge in [-0.2, -0.15) is 0 Å². The van der Waals surface area contributed by atoms with Gasteiger partial charge in [0.15, 0.2) is 5.69 Å². The lowest BCUT2D eigenvalue weighted by atomic mass is 10.4. The van der Waals surface area contributed by atoms with E-state index in [1.54, 1.807) is 12.4 Å². The molecule has 1 N–H and O–H groups in total. The average Bonchev–Trinajstić information content (AvgIpc) is 2.95. The molecule has 0 atom stereocenters. The number of rotatable bonds is 5. The summed E-state index contributed by atoms with van der Waals surface area (Å²) >= 11 is 8.73. The van der Waals surface area contributed by atoms with Crippen LogP contribution in [0.2, 0.25) is 4.34 Å². The highest BCUT2D eigenvalue weighted by Gasteiger charge is 2.15. The van der Waals surface area contributed by atoms with Crippen LogP contribution in [-0.2, 0) is 11.3 Å². The number of hydrogen-bond donors (Lipinski definition) is 1. The van der Waals surface area contributed by atoms with E-state index in [1.807, 2.05) is 12.1 Å². The average molecular weight is 303 g/mol. The molecule has 0 saturated heterocycles. The first-order valence-electron chi connectivity index (χ1n) is 5.29. The Kier molecular flexibility index (Phi) is 4.57. The van der Waals surface area contributed by atoms with E-state index < -0.39 is 5.97 Å². The second-order valence-electron chi connectivity index (χ2n) is 3.31. The third-order valence-corrected chi connectivity index (χ3v) is 4.10. The van der Waals surface area contributed by atoms with Crippen molar-refractivity contribution in [2.45, 2.75) is 13.5 Å². The van der Waals surface area contributed by atoms with Gasteiger partial charge in [0.05, 0.1) is 23.0 Å². The lowest BCUT2D eigenvalue weighted by Gasteiger charge is -2.04. The normalized spacial score (nSPS) is 10.3. The van der Waals surface area contributed by atoms with Crippen LogP contribution in [0.4, 0.5) is 5.00 Å². The zero-order valence-corrected chi connectivity index (χ0v) is 12.0. The van der Waals surface area contributed by atoms with Crippen molar-refractivity contribution >= 4 is 45.2 Å². The van der Waals surface area contributed by atoms with Crippen LogP contribution in [0.25, 0.3) is 0 Å². The molecule has 18 heavy (non-hydrogen) atoms. The summed E-state index contributed by atoms with van der Waals surface area (Å²) in [7, 11) is 0. The van der Waals surface area contributed by atoms with Crippen LogP contribution in [-0.4, -0.2) is 17.6 Å². The Labute approximate surface area is 118 Å². The van der Waals surface area contributed by atoms with Gasteiger partial charge in [-0.1, -0.05) is 11.6 Å². The van der Waals surface area contributed by atoms with E-state index in [9.17, 15) is 4.79 Å². The van der Waals surface area contributed by atoms with E-state index >= 15 is 0 Å². The highest BCUT2D eigenvalue weighted by atomic mass is 35.5. The molecule has 2 rings (SSSR count). The molecular weight excluding hydrogens is 292 g/mol. The summed E-state index contributed by atoms with van der Waals surface area (Å²) in [6.45, 7) is 2.73. The first kappa shape index (κ1) is 13.3. The number of nitrogens with zero attached hydrogens (tertiary/aromatic N) is 1. The third kappa shape index (κ3) is 3.22. The maximum atomic E-state index is 11.6. The topological polar surface area (TPSA) is 51.2 Å². The molecule has 96 valence electrons. The number of thiophene rings is 1. The fraction of sp³-hybridized carbons (Fsp3) is 0.273. The van der Waals surface area contributed by atoms with Crippen LogP contribution < -0.4 is 5.32 Å². The fourth-order valence-electron chi connectivity index (χ4n) is 1.33.